The Bertz CT molecular complexity index is 425. The fourth-order valence-electron chi connectivity index (χ4n) is 1.05. The molecular weight excluding hydrogens is 190 g/mol. The Morgan fingerprint density at radius 2 is 2.15 bits per heavy atom. The van der Waals surface area contributed by atoms with Crippen LogP contribution in [0.2, 0.25) is 5.22 Å². The molecule has 0 saturated carbocycles. The van der Waals surface area contributed by atoms with Crippen molar-refractivity contribution in [2.24, 2.45) is 0 Å². The zero-order valence-electron chi connectivity index (χ0n) is 6.57. The lowest BCUT2D eigenvalue weighted by molar-refractivity contribution is 0.424. The molecule has 0 spiro atoms. The van der Waals surface area contributed by atoms with Crippen LogP contribution in [0.25, 0.3) is 11.3 Å². The summed E-state index contributed by atoms with van der Waals surface area (Å²) < 4.78 is 4.69. The van der Waals surface area contributed by atoms with Crippen LogP contribution >= 0.6 is 11.6 Å². The molecule has 1 aromatic carbocycles. The molecule has 2 aromatic rings. The monoisotopic (exact) mass is 195 g/mol. The second-order valence-corrected chi connectivity index (χ2v) is 2.94. The van der Waals surface area contributed by atoms with E-state index in [1.807, 2.05) is 6.07 Å². The zero-order valence-corrected chi connectivity index (χ0v) is 7.32. The van der Waals surface area contributed by atoms with Gasteiger partial charge in [-0.05, 0) is 23.7 Å². The minimum atomic E-state index is 0.191. The molecule has 1 heterocycles. The van der Waals surface area contributed by atoms with Crippen LogP contribution in [0.15, 0.2) is 34.9 Å². The number of hydrogen-bond acceptors (Lipinski definition) is 3. The lowest BCUT2D eigenvalue weighted by Gasteiger charge is -1.94. The van der Waals surface area contributed by atoms with Crippen LogP contribution in [0.1, 0.15) is 0 Å². The van der Waals surface area contributed by atoms with Crippen LogP contribution in [-0.4, -0.2) is 10.3 Å². The van der Waals surface area contributed by atoms with Gasteiger partial charge in [-0.25, -0.2) is 0 Å². The molecule has 0 unspecified atom stereocenters. The third-order valence-electron chi connectivity index (χ3n) is 1.62. The highest BCUT2D eigenvalue weighted by molar-refractivity contribution is 6.29. The maximum Gasteiger partial charge on any atom is 0.226 e. The molecule has 0 aliphatic carbocycles. The van der Waals surface area contributed by atoms with Crippen molar-refractivity contribution in [1.29, 1.82) is 0 Å². The number of hydrogen-bond donors (Lipinski definition) is 1. The highest BCUT2D eigenvalue weighted by atomic mass is 35.5. The zero-order chi connectivity index (χ0) is 9.26. The predicted octanol–water partition coefficient (Wildman–Crippen LogP) is 2.70. The van der Waals surface area contributed by atoms with E-state index < -0.39 is 0 Å². The molecule has 0 atom stereocenters. The van der Waals surface area contributed by atoms with Gasteiger partial charge in [-0.1, -0.05) is 17.3 Å². The Balaban J connectivity index is 2.46. The topological polar surface area (TPSA) is 46.3 Å². The summed E-state index contributed by atoms with van der Waals surface area (Å²) in [5, 5.41) is 13.1. The first kappa shape index (κ1) is 8.13. The summed E-state index contributed by atoms with van der Waals surface area (Å²) in [6.45, 7) is 0. The number of benzene rings is 1. The highest BCUT2D eigenvalue weighted by Crippen LogP contribution is 2.24. The Morgan fingerprint density at radius 3 is 2.77 bits per heavy atom. The van der Waals surface area contributed by atoms with Crippen molar-refractivity contribution >= 4 is 11.6 Å². The molecule has 4 heteroatoms. The SMILES string of the molecule is Oc1cccc(-c2cc(Cl)on2)c1. The standard InChI is InChI=1S/C9H6ClNO2/c10-9-5-8(11-13-9)6-2-1-3-7(12)4-6/h1-5,12H. The van der Waals surface area contributed by atoms with E-state index >= 15 is 0 Å². The van der Waals surface area contributed by atoms with Crippen molar-refractivity contribution in [3.05, 3.63) is 35.6 Å². The fourth-order valence-corrected chi connectivity index (χ4v) is 1.19. The van der Waals surface area contributed by atoms with Gasteiger partial charge < -0.3 is 9.63 Å². The lowest BCUT2D eigenvalue weighted by Crippen LogP contribution is -1.75. The molecule has 0 aliphatic heterocycles. The first-order chi connectivity index (χ1) is 6.25. The Labute approximate surface area is 79.6 Å². The van der Waals surface area contributed by atoms with E-state index in [-0.39, 0.29) is 11.0 Å². The smallest absolute Gasteiger partial charge is 0.226 e. The average molecular weight is 196 g/mol. The van der Waals surface area contributed by atoms with E-state index in [1.165, 1.54) is 0 Å². The molecule has 0 bridgehead atoms. The Kier molecular flexibility index (Phi) is 1.94. The highest BCUT2D eigenvalue weighted by Gasteiger charge is 2.04. The van der Waals surface area contributed by atoms with Gasteiger partial charge in [-0.3, -0.25) is 0 Å². The van der Waals surface area contributed by atoms with Crippen LogP contribution in [-0.2, 0) is 0 Å². The van der Waals surface area contributed by atoms with Gasteiger partial charge in [0.15, 0.2) is 0 Å². The summed E-state index contributed by atoms with van der Waals surface area (Å²) >= 11 is 5.56. The Hall–Kier alpha value is -1.48. The van der Waals surface area contributed by atoms with E-state index in [2.05, 4.69) is 5.16 Å². The first-order valence-corrected chi connectivity index (χ1v) is 4.05. The predicted molar refractivity (Wildman–Crippen MR) is 48.6 cm³/mol. The molecule has 0 radical (unpaired) electrons. The fraction of sp³-hybridized carbons (Fsp3) is 0. The van der Waals surface area contributed by atoms with Crippen molar-refractivity contribution in [2.45, 2.75) is 0 Å². The third kappa shape index (κ3) is 1.65. The van der Waals surface area contributed by atoms with Crippen molar-refractivity contribution < 1.29 is 9.63 Å². The minimum absolute atomic E-state index is 0.191. The molecular formula is C9H6ClNO2. The van der Waals surface area contributed by atoms with E-state index in [1.54, 1.807) is 24.3 Å². The van der Waals surface area contributed by atoms with Gasteiger partial charge in [-0.15, -0.1) is 0 Å². The van der Waals surface area contributed by atoms with Crippen molar-refractivity contribution in [2.75, 3.05) is 0 Å². The summed E-state index contributed by atoms with van der Waals surface area (Å²) in [6.07, 6.45) is 0. The molecule has 3 nitrogen and oxygen atoms in total. The molecule has 1 N–H and O–H groups in total. The average Bonchev–Trinajstić information content (AvgIpc) is 2.52. The van der Waals surface area contributed by atoms with Crippen molar-refractivity contribution in [1.82, 2.24) is 5.16 Å². The van der Waals surface area contributed by atoms with Gasteiger partial charge in [0.2, 0.25) is 5.22 Å². The molecule has 66 valence electrons. The largest absolute Gasteiger partial charge is 0.508 e. The van der Waals surface area contributed by atoms with Crippen molar-refractivity contribution in [3.8, 4) is 17.0 Å². The van der Waals surface area contributed by atoms with Gasteiger partial charge in [0.05, 0.1) is 0 Å². The van der Waals surface area contributed by atoms with Gasteiger partial charge in [0, 0.05) is 11.6 Å². The molecule has 0 amide bonds. The number of aromatic nitrogens is 1. The summed E-state index contributed by atoms with van der Waals surface area (Å²) in [5.74, 6) is 0.191. The molecule has 0 fully saturated rings. The number of phenolic OH excluding ortho intramolecular Hbond substituents is 1. The maximum absolute atomic E-state index is 9.19. The Morgan fingerprint density at radius 1 is 1.31 bits per heavy atom. The number of halogens is 1. The van der Waals surface area contributed by atoms with E-state index in [0.29, 0.717) is 5.69 Å². The van der Waals surface area contributed by atoms with E-state index in [0.717, 1.165) is 5.56 Å². The second-order valence-electron chi connectivity index (χ2n) is 2.57. The van der Waals surface area contributed by atoms with Gasteiger partial charge in [0.1, 0.15) is 11.4 Å². The van der Waals surface area contributed by atoms with Gasteiger partial charge in [0.25, 0.3) is 0 Å². The van der Waals surface area contributed by atoms with Crippen LogP contribution in [0.4, 0.5) is 0 Å². The first-order valence-electron chi connectivity index (χ1n) is 3.67. The summed E-state index contributed by atoms with van der Waals surface area (Å²) in [6, 6.07) is 8.32. The lowest BCUT2D eigenvalue weighted by atomic mass is 10.1. The summed E-state index contributed by atoms with van der Waals surface area (Å²) in [7, 11) is 0. The number of nitrogens with zero attached hydrogens (tertiary/aromatic N) is 1. The van der Waals surface area contributed by atoms with Crippen LogP contribution in [0.5, 0.6) is 5.75 Å². The van der Waals surface area contributed by atoms with Gasteiger partial charge >= 0.3 is 0 Å². The number of phenols is 1. The van der Waals surface area contributed by atoms with Crippen LogP contribution in [0, 0.1) is 0 Å². The third-order valence-corrected chi connectivity index (χ3v) is 1.80. The van der Waals surface area contributed by atoms with E-state index in [9.17, 15) is 5.11 Å². The summed E-state index contributed by atoms with van der Waals surface area (Å²) in [4.78, 5) is 0. The van der Waals surface area contributed by atoms with E-state index in [4.69, 9.17) is 16.1 Å². The molecule has 2 rings (SSSR count). The second kappa shape index (κ2) is 3.11. The summed E-state index contributed by atoms with van der Waals surface area (Å²) in [5.41, 5.74) is 1.39. The van der Waals surface area contributed by atoms with Gasteiger partial charge in [-0.2, -0.15) is 0 Å². The minimum Gasteiger partial charge on any atom is -0.508 e. The molecule has 0 saturated heterocycles. The maximum atomic E-state index is 9.19. The van der Waals surface area contributed by atoms with Crippen molar-refractivity contribution in [3.63, 3.8) is 0 Å². The molecule has 13 heavy (non-hydrogen) atoms. The quantitative estimate of drug-likeness (QED) is 0.761. The van der Waals surface area contributed by atoms with Crippen LogP contribution < -0.4 is 0 Å². The normalized spacial score (nSPS) is 10.2. The number of aromatic hydroxyl groups is 1. The van der Waals surface area contributed by atoms with Crippen LogP contribution in [0.3, 0.4) is 0 Å². The molecule has 0 aliphatic rings. The number of rotatable bonds is 1. The molecule has 1 aromatic heterocycles.